The SMILES string of the molecule is C1=C(c2c3c(cc4ccccc24)Cc2ccc(-n4c5ccccc5c5cc6ccccc6cc54)cc2-3)Cc2ccccc21. The van der Waals surface area contributed by atoms with Crippen LogP contribution in [0.2, 0.25) is 0 Å². The maximum absolute atomic E-state index is 2.47. The van der Waals surface area contributed by atoms with Crippen molar-refractivity contribution in [2.75, 3.05) is 0 Å². The van der Waals surface area contributed by atoms with Crippen LogP contribution in [0.5, 0.6) is 0 Å². The molecule has 2 aliphatic carbocycles. The average molecular weight is 546 g/mol. The molecule has 0 fully saturated rings. The standard InChI is InChI=1S/C42H27N/c1-2-10-27-20-32(19-26(27)9-1)41-35-14-6-5-13-30(35)21-33-22-31-17-18-34(25-37(31)42(33)41)43-39-16-8-7-15-36(39)38-23-28-11-3-4-12-29(28)24-40(38)43/h1-19,21,23-25H,20,22H2. The van der Waals surface area contributed by atoms with Crippen molar-refractivity contribution in [2.45, 2.75) is 12.8 Å². The van der Waals surface area contributed by atoms with Gasteiger partial charge < -0.3 is 4.57 Å². The molecular weight excluding hydrogens is 518 g/mol. The minimum absolute atomic E-state index is 0.973. The Morgan fingerprint density at radius 1 is 0.442 bits per heavy atom. The molecule has 0 radical (unpaired) electrons. The molecule has 0 spiro atoms. The van der Waals surface area contributed by atoms with Crippen molar-refractivity contribution in [3.8, 4) is 16.8 Å². The van der Waals surface area contributed by atoms with Gasteiger partial charge in [-0.15, -0.1) is 0 Å². The van der Waals surface area contributed by atoms with Crippen molar-refractivity contribution >= 4 is 55.0 Å². The van der Waals surface area contributed by atoms with Gasteiger partial charge in [0.05, 0.1) is 11.0 Å². The highest BCUT2D eigenvalue weighted by atomic mass is 15.0. The smallest absolute Gasteiger partial charge is 0.0547 e. The van der Waals surface area contributed by atoms with E-state index in [1.807, 2.05) is 0 Å². The molecule has 8 aromatic rings. The largest absolute Gasteiger partial charge is 0.309 e. The number of nitrogens with zero attached hydrogens (tertiary/aromatic N) is 1. The fourth-order valence-electron chi connectivity index (χ4n) is 7.86. The third-order valence-corrected chi connectivity index (χ3v) is 9.76. The predicted octanol–water partition coefficient (Wildman–Crippen LogP) is 10.8. The molecule has 1 nitrogen and oxygen atoms in total. The number of benzene rings is 7. The molecule has 0 saturated carbocycles. The first kappa shape index (κ1) is 23.2. The molecule has 0 amide bonds. The van der Waals surface area contributed by atoms with Crippen LogP contribution in [0.1, 0.15) is 27.8 Å². The third-order valence-electron chi connectivity index (χ3n) is 9.76. The van der Waals surface area contributed by atoms with Crippen LogP contribution in [0.15, 0.2) is 133 Å². The lowest BCUT2D eigenvalue weighted by atomic mass is 9.88. The van der Waals surface area contributed by atoms with Crippen LogP contribution in [0, 0.1) is 0 Å². The van der Waals surface area contributed by atoms with Crippen molar-refractivity contribution in [2.24, 2.45) is 0 Å². The van der Waals surface area contributed by atoms with Gasteiger partial charge in [-0.05, 0) is 109 Å². The van der Waals surface area contributed by atoms with E-state index in [2.05, 4.69) is 144 Å². The van der Waals surface area contributed by atoms with Gasteiger partial charge in [0.25, 0.3) is 0 Å². The minimum atomic E-state index is 0.973. The second-order valence-corrected chi connectivity index (χ2v) is 12.1. The zero-order valence-corrected chi connectivity index (χ0v) is 23.6. The fourth-order valence-corrected chi connectivity index (χ4v) is 7.86. The fraction of sp³-hybridized carbons (Fsp3) is 0.0476. The summed E-state index contributed by atoms with van der Waals surface area (Å²) in [6, 6.07) is 49.7. The van der Waals surface area contributed by atoms with Crippen LogP contribution in [-0.2, 0) is 12.8 Å². The molecule has 2 aliphatic rings. The first-order valence-electron chi connectivity index (χ1n) is 15.2. The zero-order chi connectivity index (χ0) is 28.1. The molecule has 0 N–H and O–H groups in total. The van der Waals surface area contributed by atoms with E-state index in [9.17, 15) is 0 Å². The normalized spacial score (nSPS) is 13.5. The number of aromatic nitrogens is 1. The first-order chi connectivity index (χ1) is 21.3. The van der Waals surface area contributed by atoms with Crippen molar-refractivity contribution < 1.29 is 0 Å². The van der Waals surface area contributed by atoms with Gasteiger partial charge in [-0.1, -0.05) is 109 Å². The summed E-state index contributed by atoms with van der Waals surface area (Å²) in [5.41, 5.74) is 15.0. The number of hydrogen-bond donors (Lipinski definition) is 0. The Labute approximate surface area is 250 Å². The summed E-state index contributed by atoms with van der Waals surface area (Å²) in [7, 11) is 0. The predicted molar refractivity (Wildman–Crippen MR) is 182 cm³/mol. The highest BCUT2D eigenvalue weighted by Crippen LogP contribution is 2.48. The summed E-state index contributed by atoms with van der Waals surface area (Å²) in [6.07, 6.45) is 4.38. The lowest BCUT2D eigenvalue weighted by molar-refractivity contribution is 1.17. The van der Waals surface area contributed by atoms with Gasteiger partial charge in [0.15, 0.2) is 0 Å². The van der Waals surface area contributed by atoms with Gasteiger partial charge in [0, 0.05) is 16.5 Å². The number of para-hydroxylation sites is 1. The molecule has 1 heteroatoms. The van der Waals surface area contributed by atoms with Gasteiger partial charge in [-0.25, -0.2) is 0 Å². The Morgan fingerprint density at radius 3 is 2.07 bits per heavy atom. The molecule has 7 aromatic carbocycles. The van der Waals surface area contributed by atoms with Crippen LogP contribution < -0.4 is 0 Å². The third kappa shape index (κ3) is 3.28. The van der Waals surface area contributed by atoms with Crippen LogP contribution in [0.4, 0.5) is 0 Å². The van der Waals surface area contributed by atoms with Gasteiger partial charge in [0.1, 0.15) is 0 Å². The Kier molecular flexibility index (Phi) is 4.62. The molecule has 43 heavy (non-hydrogen) atoms. The molecule has 0 unspecified atom stereocenters. The van der Waals surface area contributed by atoms with E-state index >= 15 is 0 Å². The van der Waals surface area contributed by atoms with E-state index in [0.29, 0.717) is 0 Å². The Balaban J connectivity index is 1.25. The maximum Gasteiger partial charge on any atom is 0.0547 e. The molecular formula is C42H27N. The summed E-state index contributed by atoms with van der Waals surface area (Å²) in [5, 5.41) is 7.83. The molecule has 0 saturated heterocycles. The van der Waals surface area contributed by atoms with Crippen molar-refractivity contribution in [3.63, 3.8) is 0 Å². The van der Waals surface area contributed by atoms with Gasteiger partial charge >= 0.3 is 0 Å². The summed E-state index contributed by atoms with van der Waals surface area (Å²) < 4.78 is 2.47. The van der Waals surface area contributed by atoms with E-state index in [-0.39, 0.29) is 0 Å². The van der Waals surface area contributed by atoms with Crippen LogP contribution in [0.25, 0.3) is 71.8 Å². The number of allylic oxidation sites excluding steroid dienone is 1. The second kappa shape index (κ2) is 8.56. The Morgan fingerprint density at radius 2 is 1.19 bits per heavy atom. The lowest BCUT2D eigenvalue weighted by Gasteiger charge is -2.16. The lowest BCUT2D eigenvalue weighted by Crippen LogP contribution is -1.96. The maximum atomic E-state index is 2.47. The first-order valence-corrected chi connectivity index (χ1v) is 15.2. The average Bonchev–Trinajstić information content (AvgIpc) is 3.73. The van der Waals surface area contributed by atoms with Crippen molar-refractivity contribution in [3.05, 3.63) is 161 Å². The second-order valence-electron chi connectivity index (χ2n) is 12.1. The highest BCUT2D eigenvalue weighted by molar-refractivity contribution is 6.14. The van der Waals surface area contributed by atoms with Gasteiger partial charge in [-0.3, -0.25) is 0 Å². The van der Waals surface area contributed by atoms with Crippen molar-refractivity contribution in [1.29, 1.82) is 0 Å². The van der Waals surface area contributed by atoms with Crippen molar-refractivity contribution in [1.82, 2.24) is 4.57 Å². The molecule has 1 aromatic heterocycles. The van der Waals surface area contributed by atoms with E-state index in [0.717, 1.165) is 12.8 Å². The number of fused-ring (bicyclic) bond motifs is 9. The summed E-state index contributed by atoms with van der Waals surface area (Å²) in [4.78, 5) is 0. The highest BCUT2D eigenvalue weighted by Gasteiger charge is 2.28. The van der Waals surface area contributed by atoms with Crippen LogP contribution in [-0.4, -0.2) is 4.57 Å². The minimum Gasteiger partial charge on any atom is -0.309 e. The van der Waals surface area contributed by atoms with E-state index in [1.165, 1.54) is 93.6 Å². The van der Waals surface area contributed by atoms with Crippen LogP contribution in [0.3, 0.4) is 0 Å². The molecule has 1 heterocycles. The van der Waals surface area contributed by atoms with E-state index in [4.69, 9.17) is 0 Å². The molecule has 0 atom stereocenters. The Bertz CT molecular complexity index is 2500. The summed E-state index contributed by atoms with van der Waals surface area (Å²) >= 11 is 0. The Hall–Kier alpha value is -5.40. The molecule has 0 bridgehead atoms. The molecule has 200 valence electrons. The number of rotatable bonds is 2. The topological polar surface area (TPSA) is 4.93 Å². The summed E-state index contributed by atoms with van der Waals surface area (Å²) in [6.45, 7) is 0. The van der Waals surface area contributed by atoms with E-state index < -0.39 is 0 Å². The monoisotopic (exact) mass is 545 g/mol. The molecule has 10 rings (SSSR count). The zero-order valence-electron chi connectivity index (χ0n) is 23.6. The van der Waals surface area contributed by atoms with Gasteiger partial charge in [0.2, 0.25) is 0 Å². The molecule has 0 aliphatic heterocycles. The summed E-state index contributed by atoms with van der Waals surface area (Å²) in [5.74, 6) is 0. The van der Waals surface area contributed by atoms with Crippen LogP contribution >= 0.6 is 0 Å². The van der Waals surface area contributed by atoms with Gasteiger partial charge in [-0.2, -0.15) is 0 Å². The van der Waals surface area contributed by atoms with E-state index in [1.54, 1.807) is 0 Å². The number of hydrogen-bond acceptors (Lipinski definition) is 0. The quantitative estimate of drug-likeness (QED) is 0.204.